The summed E-state index contributed by atoms with van der Waals surface area (Å²) in [6, 6.07) is 9.12. The summed E-state index contributed by atoms with van der Waals surface area (Å²) in [4.78, 5) is 13.0. The highest BCUT2D eigenvalue weighted by atomic mass is 16.1. The molecule has 70 valence electrons. The van der Waals surface area contributed by atoms with Crippen LogP contribution in [0.15, 0.2) is 42.7 Å². The standard InChI is InChI=1S/C10H9N3O/c14-10(8-13-11-6-7-12-13)9-4-2-1-3-5-9/h1-7H,8H2. The number of rotatable bonds is 3. The van der Waals surface area contributed by atoms with Crippen molar-refractivity contribution < 1.29 is 4.79 Å². The lowest BCUT2D eigenvalue weighted by atomic mass is 10.1. The highest BCUT2D eigenvalue weighted by molar-refractivity contribution is 5.95. The van der Waals surface area contributed by atoms with Gasteiger partial charge in [-0.2, -0.15) is 15.0 Å². The number of hydrogen-bond donors (Lipinski definition) is 0. The van der Waals surface area contributed by atoms with Crippen molar-refractivity contribution in [3.8, 4) is 0 Å². The Balaban J connectivity index is 2.11. The summed E-state index contributed by atoms with van der Waals surface area (Å²) in [6.07, 6.45) is 3.11. The summed E-state index contributed by atoms with van der Waals surface area (Å²) < 4.78 is 0. The zero-order chi connectivity index (χ0) is 9.80. The van der Waals surface area contributed by atoms with Gasteiger partial charge >= 0.3 is 0 Å². The van der Waals surface area contributed by atoms with Crippen molar-refractivity contribution in [2.45, 2.75) is 6.54 Å². The lowest BCUT2D eigenvalue weighted by Crippen LogP contribution is -2.12. The summed E-state index contributed by atoms with van der Waals surface area (Å²) in [5.41, 5.74) is 0.685. The first-order valence-electron chi connectivity index (χ1n) is 4.28. The summed E-state index contributed by atoms with van der Waals surface area (Å²) in [6.45, 7) is 0.191. The fourth-order valence-corrected chi connectivity index (χ4v) is 1.17. The minimum absolute atomic E-state index is 0.0156. The van der Waals surface area contributed by atoms with Crippen LogP contribution in [0.25, 0.3) is 0 Å². The third-order valence-corrected chi connectivity index (χ3v) is 1.85. The van der Waals surface area contributed by atoms with E-state index in [1.165, 1.54) is 4.80 Å². The molecule has 1 aromatic heterocycles. The number of nitrogens with zero attached hydrogens (tertiary/aromatic N) is 3. The molecule has 0 aliphatic rings. The number of ketones is 1. The van der Waals surface area contributed by atoms with Crippen LogP contribution >= 0.6 is 0 Å². The first-order valence-corrected chi connectivity index (χ1v) is 4.28. The first kappa shape index (κ1) is 8.62. The Hall–Kier alpha value is -1.97. The van der Waals surface area contributed by atoms with Crippen LogP contribution in [0, 0.1) is 0 Å². The van der Waals surface area contributed by atoms with E-state index in [0.29, 0.717) is 5.56 Å². The van der Waals surface area contributed by atoms with Crippen molar-refractivity contribution in [2.75, 3.05) is 0 Å². The van der Waals surface area contributed by atoms with Crippen molar-refractivity contribution in [3.63, 3.8) is 0 Å². The zero-order valence-electron chi connectivity index (χ0n) is 7.50. The van der Waals surface area contributed by atoms with E-state index in [0.717, 1.165) is 0 Å². The molecular formula is C10H9N3O. The molecule has 1 heterocycles. The SMILES string of the molecule is O=C(Cn1nccn1)c1ccccc1. The van der Waals surface area contributed by atoms with Crippen LogP contribution in [0.1, 0.15) is 10.4 Å². The molecule has 0 atom stereocenters. The maximum Gasteiger partial charge on any atom is 0.186 e. The summed E-state index contributed by atoms with van der Waals surface area (Å²) >= 11 is 0. The third kappa shape index (κ3) is 1.85. The molecule has 2 aromatic rings. The number of carbonyl (C=O) groups excluding carboxylic acids is 1. The van der Waals surface area contributed by atoms with Gasteiger partial charge in [0.1, 0.15) is 6.54 Å². The van der Waals surface area contributed by atoms with Crippen molar-refractivity contribution in [1.82, 2.24) is 15.0 Å². The lowest BCUT2D eigenvalue weighted by Gasteiger charge is -1.99. The van der Waals surface area contributed by atoms with E-state index in [-0.39, 0.29) is 12.3 Å². The van der Waals surface area contributed by atoms with E-state index in [9.17, 15) is 4.79 Å². The molecular weight excluding hydrogens is 178 g/mol. The Morgan fingerprint density at radius 3 is 2.43 bits per heavy atom. The molecule has 0 radical (unpaired) electrons. The van der Waals surface area contributed by atoms with Crippen LogP contribution in [0.5, 0.6) is 0 Å². The van der Waals surface area contributed by atoms with E-state index in [4.69, 9.17) is 0 Å². The number of aromatic nitrogens is 3. The van der Waals surface area contributed by atoms with Gasteiger partial charge in [0.05, 0.1) is 12.4 Å². The monoisotopic (exact) mass is 187 g/mol. The van der Waals surface area contributed by atoms with Crippen molar-refractivity contribution >= 4 is 5.78 Å². The van der Waals surface area contributed by atoms with Gasteiger partial charge in [0.25, 0.3) is 0 Å². The topological polar surface area (TPSA) is 47.8 Å². The highest BCUT2D eigenvalue weighted by Gasteiger charge is 2.05. The summed E-state index contributed by atoms with van der Waals surface area (Å²) in [5.74, 6) is 0.0156. The molecule has 0 amide bonds. The van der Waals surface area contributed by atoms with Gasteiger partial charge in [0, 0.05) is 5.56 Å². The van der Waals surface area contributed by atoms with E-state index >= 15 is 0 Å². The van der Waals surface area contributed by atoms with Crippen molar-refractivity contribution in [3.05, 3.63) is 48.3 Å². The van der Waals surface area contributed by atoms with Crippen LogP contribution in [0.2, 0.25) is 0 Å². The largest absolute Gasteiger partial charge is 0.292 e. The second-order valence-electron chi connectivity index (χ2n) is 2.85. The molecule has 0 aliphatic heterocycles. The van der Waals surface area contributed by atoms with Gasteiger partial charge in [-0.25, -0.2) is 0 Å². The predicted octanol–water partition coefficient (Wildman–Crippen LogP) is 1.16. The van der Waals surface area contributed by atoms with Gasteiger partial charge in [-0.3, -0.25) is 4.79 Å². The Labute approximate surface area is 81.2 Å². The molecule has 0 aliphatic carbocycles. The highest BCUT2D eigenvalue weighted by Crippen LogP contribution is 2.00. The quantitative estimate of drug-likeness (QED) is 0.677. The van der Waals surface area contributed by atoms with Crippen LogP contribution in [0.3, 0.4) is 0 Å². The second-order valence-corrected chi connectivity index (χ2v) is 2.85. The fraction of sp³-hybridized carbons (Fsp3) is 0.100. The molecule has 0 unspecified atom stereocenters. The smallest absolute Gasteiger partial charge is 0.186 e. The minimum atomic E-state index is 0.0156. The van der Waals surface area contributed by atoms with Gasteiger partial charge in [-0.1, -0.05) is 30.3 Å². The van der Waals surface area contributed by atoms with Crippen molar-refractivity contribution in [2.24, 2.45) is 0 Å². The zero-order valence-corrected chi connectivity index (χ0v) is 7.50. The van der Waals surface area contributed by atoms with Gasteiger partial charge in [0.2, 0.25) is 0 Å². The van der Waals surface area contributed by atoms with E-state index in [2.05, 4.69) is 10.2 Å². The Morgan fingerprint density at radius 1 is 1.14 bits per heavy atom. The Bertz CT molecular complexity index is 408. The average Bonchev–Trinajstić information content (AvgIpc) is 2.72. The Kier molecular flexibility index (Phi) is 2.36. The fourth-order valence-electron chi connectivity index (χ4n) is 1.17. The molecule has 0 fully saturated rings. The molecule has 0 bridgehead atoms. The molecule has 0 saturated heterocycles. The van der Waals surface area contributed by atoms with Gasteiger partial charge in [0.15, 0.2) is 5.78 Å². The number of Topliss-reactive ketones (excluding diaryl/α,β-unsaturated/α-hetero) is 1. The first-order chi connectivity index (χ1) is 6.86. The van der Waals surface area contributed by atoms with E-state index < -0.39 is 0 Å². The molecule has 0 N–H and O–H groups in total. The number of hydrogen-bond acceptors (Lipinski definition) is 3. The minimum Gasteiger partial charge on any atom is -0.292 e. The van der Waals surface area contributed by atoms with Crippen LogP contribution in [-0.2, 0) is 6.54 Å². The van der Waals surface area contributed by atoms with Gasteiger partial charge in [-0.05, 0) is 0 Å². The van der Waals surface area contributed by atoms with E-state index in [1.54, 1.807) is 24.5 Å². The maximum atomic E-state index is 11.6. The molecule has 0 saturated carbocycles. The van der Waals surface area contributed by atoms with Crippen LogP contribution < -0.4 is 0 Å². The molecule has 4 heteroatoms. The van der Waals surface area contributed by atoms with Crippen molar-refractivity contribution in [1.29, 1.82) is 0 Å². The van der Waals surface area contributed by atoms with Crippen LogP contribution in [-0.4, -0.2) is 20.8 Å². The molecule has 4 nitrogen and oxygen atoms in total. The average molecular weight is 187 g/mol. The number of benzene rings is 1. The Morgan fingerprint density at radius 2 is 1.79 bits per heavy atom. The maximum absolute atomic E-state index is 11.6. The molecule has 1 aromatic carbocycles. The summed E-state index contributed by atoms with van der Waals surface area (Å²) in [7, 11) is 0. The molecule has 0 spiro atoms. The lowest BCUT2D eigenvalue weighted by molar-refractivity contribution is 0.0962. The summed E-state index contributed by atoms with van der Waals surface area (Å²) in [5, 5.41) is 7.73. The number of carbonyl (C=O) groups is 1. The van der Waals surface area contributed by atoms with E-state index in [1.807, 2.05) is 18.2 Å². The second kappa shape index (κ2) is 3.83. The molecule has 14 heavy (non-hydrogen) atoms. The third-order valence-electron chi connectivity index (χ3n) is 1.85. The predicted molar refractivity (Wildman–Crippen MR) is 50.8 cm³/mol. The van der Waals surface area contributed by atoms with Gasteiger partial charge in [-0.15, -0.1) is 0 Å². The normalized spacial score (nSPS) is 10.0. The van der Waals surface area contributed by atoms with Gasteiger partial charge < -0.3 is 0 Å². The molecule has 2 rings (SSSR count). The van der Waals surface area contributed by atoms with Crippen LogP contribution in [0.4, 0.5) is 0 Å².